The fraction of sp³-hybridized carbons (Fsp3) is 0.500. The van der Waals surface area contributed by atoms with E-state index >= 15 is 0 Å². The molecule has 4 N–H and O–H groups in total. The van der Waals surface area contributed by atoms with Gasteiger partial charge < -0.3 is 11.1 Å². The van der Waals surface area contributed by atoms with Crippen molar-refractivity contribution in [2.75, 3.05) is 5.75 Å². The van der Waals surface area contributed by atoms with Crippen LogP contribution >= 0.6 is 11.8 Å². The molecule has 2 aromatic carbocycles. The van der Waals surface area contributed by atoms with Crippen molar-refractivity contribution in [2.24, 2.45) is 17.1 Å². The van der Waals surface area contributed by atoms with Crippen molar-refractivity contribution in [3.63, 3.8) is 0 Å². The zero-order valence-corrected chi connectivity index (χ0v) is 24.3. The van der Waals surface area contributed by atoms with E-state index in [1.807, 2.05) is 39.0 Å². The monoisotopic (exact) mass is 541 g/mol. The molecule has 2 rings (SSSR count). The molecule has 0 aromatic heterocycles. The average molecular weight is 542 g/mol. The standard InChI is InChI=1S/C30H43N3O4S/c1-21(34)38-20-25(18-22-12-14-24(15-13-22)23-10-8-7-9-11-23)26(32-28(31)36)19-30(5,6)17-16-27(35)33-37-29(2,3)4/h7-15,25-26H,16-20H2,1-6H3,(H,33,35)(H3,31,32,36)/t25-,26?/m1/s1. The van der Waals surface area contributed by atoms with Gasteiger partial charge in [0, 0.05) is 25.1 Å². The highest BCUT2D eigenvalue weighted by molar-refractivity contribution is 8.13. The van der Waals surface area contributed by atoms with E-state index in [0.717, 1.165) is 16.7 Å². The molecule has 8 heteroatoms. The van der Waals surface area contributed by atoms with Gasteiger partial charge in [-0.3, -0.25) is 14.4 Å². The van der Waals surface area contributed by atoms with E-state index in [2.05, 4.69) is 61.0 Å². The normalized spacial score (nSPS) is 13.4. The number of benzene rings is 2. The van der Waals surface area contributed by atoms with Crippen molar-refractivity contribution in [3.05, 3.63) is 60.2 Å². The molecule has 0 fully saturated rings. The molecular formula is C30H43N3O4S. The molecule has 0 saturated heterocycles. The number of rotatable bonds is 13. The second-order valence-corrected chi connectivity index (χ2v) is 12.7. The number of thioether (sulfide) groups is 1. The van der Waals surface area contributed by atoms with Gasteiger partial charge in [-0.15, -0.1) is 0 Å². The van der Waals surface area contributed by atoms with Crippen LogP contribution in [0.3, 0.4) is 0 Å². The zero-order chi connectivity index (χ0) is 28.3. The third-order valence-electron chi connectivity index (χ3n) is 6.23. The lowest BCUT2D eigenvalue weighted by molar-refractivity contribution is -0.146. The second kappa shape index (κ2) is 14.4. The van der Waals surface area contributed by atoms with E-state index in [4.69, 9.17) is 10.6 Å². The van der Waals surface area contributed by atoms with Crippen LogP contribution in [0.5, 0.6) is 0 Å². The maximum absolute atomic E-state index is 12.3. The van der Waals surface area contributed by atoms with E-state index < -0.39 is 11.6 Å². The summed E-state index contributed by atoms with van der Waals surface area (Å²) in [6.45, 7) is 11.3. The highest BCUT2D eigenvalue weighted by Gasteiger charge is 2.31. The molecule has 0 saturated carbocycles. The van der Waals surface area contributed by atoms with Crippen LogP contribution in [0.1, 0.15) is 66.4 Å². The summed E-state index contributed by atoms with van der Waals surface area (Å²) in [6, 6.07) is 17.7. The highest BCUT2D eigenvalue weighted by Crippen LogP contribution is 2.33. The summed E-state index contributed by atoms with van der Waals surface area (Å²) in [5.74, 6) is 0.336. The van der Waals surface area contributed by atoms with Crippen molar-refractivity contribution in [2.45, 2.75) is 78.9 Å². The Balaban J connectivity index is 2.15. The summed E-state index contributed by atoms with van der Waals surface area (Å²) < 4.78 is 0. The fourth-order valence-corrected chi connectivity index (χ4v) is 5.04. The minimum atomic E-state index is -0.598. The third kappa shape index (κ3) is 12.1. The number of hydroxylamine groups is 1. The lowest BCUT2D eigenvalue weighted by Crippen LogP contribution is -2.47. The van der Waals surface area contributed by atoms with E-state index in [0.29, 0.717) is 31.4 Å². The number of primary amides is 1. The molecule has 0 bridgehead atoms. The Hall–Kier alpha value is -2.84. The van der Waals surface area contributed by atoms with Crippen LogP contribution in [0.15, 0.2) is 54.6 Å². The van der Waals surface area contributed by atoms with Crippen LogP contribution in [0.4, 0.5) is 4.79 Å². The van der Waals surface area contributed by atoms with Gasteiger partial charge in [-0.25, -0.2) is 10.3 Å². The summed E-state index contributed by atoms with van der Waals surface area (Å²) in [5.41, 5.74) is 10.7. The van der Waals surface area contributed by atoms with Crippen LogP contribution in [0.2, 0.25) is 0 Å². The maximum atomic E-state index is 12.3. The molecule has 1 unspecified atom stereocenters. The Morgan fingerprint density at radius 2 is 1.55 bits per heavy atom. The van der Waals surface area contributed by atoms with Gasteiger partial charge in [0.15, 0.2) is 5.12 Å². The smallest absolute Gasteiger partial charge is 0.312 e. The van der Waals surface area contributed by atoms with E-state index in [-0.39, 0.29) is 28.4 Å². The highest BCUT2D eigenvalue weighted by atomic mass is 32.2. The number of nitrogens with two attached hydrogens (primary N) is 1. The quantitative estimate of drug-likeness (QED) is 0.275. The lowest BCUT2D eigenvalue weighted by Gasteiger charge is -2.34. The van der Waals surface area contributed by atoms with Gasteiger partial charge in [0.25, 0.3) is 0 Å². The Kier molecular flexibility index (Phi) is 11.9. The van der Waals surface area contributed by atoms with E-state index in [9.17, 15) is 14.4 Å². The summed E-state index contributed by atoms with van der Waals surface area (Å²) in [6.07, 6.45) is 2.17. The minimum Gasteiger partial charge on any atom is -0.352 e. The van der Waals surface area contributed by atoms with Crippen LogP contribution in [-0.2, 0) is 20.8 Å². The first kappa shape index (κ1) is 31.4. The molecule has 7 nitrogen and oxygen atoms in total. The lowest BCUT2D eigenvalue weighted by atomic mass is 9.77. The topological polar surface area (TPSA) is 111 Å². The van der Waals surface area contributed by atoms with Crippen LogP contribution in [0, 0.1) is 11.3 Å². The first-order chi connectivity index (χ1) is 17.7. The molecule has 0 spiro atoms. The van der Waals surface area contributed by atoms with E-state index in [1.165, 1.54) is 11.8 Å². The average Bonchev–Trinajstić information content (AvgIpc) is 2.83. The van der Waals surface area contributed by atoms with Crippen LogP contribution < -0.4 is 16.5 Å². The Labute approximate surface area is 231 Å². The molecule has 0 aliphatic heterocycles. The molecule has 0 aliphatic carbocycles. The van der Waals surface area contributed by atoms with Crippen molar-refractivity contribution in [3.8, 4) is 11.1 Å². The molecule has 0 radical (unpaired) electrons. The predicted molar refractivity (Wildman–Crippen MR) is 155 cm³/mol. The molecular weight excluding hydrogens is 498 g/mol. The van der Waals surface area contributed by atoms with Crippen molar-refractivity contribution in [1.29, 1.82) is 0 Å². The fourth-order valence-electron chi connectivity index (χ4n) is 4.24. The molecule has 208 valence electrons. The Morgan fingerprint density at radius 3 is 2.11 bits per heavy atom. The molecule has 0 heterocycles. The van der Waals surface area contributed by atoms with E-state index in [1.54, 1.807) is 6.92 Å². The van der Waals surface area contributed by atoms with Gasteiger partial charge in [-0.1, -0.05) is 80.2 Å². The summed E-state index contributed by atoms with van der Waals surface area (Å²) >= 11 is 1.26. The minimum absolute atomic E-state index is 0.0297. The predicted octanol–water partition coefficient (Wildman–Crippen LogP) is 5.87. The summed E-state index contributed by atoms with van der Waals surface area (Å²) in [7, 11) is 0. The SMILES string of the molecule is CC(=O)SC[C@@H](Cc1ccc(-c2ccccc2)cc1)C(CC(C)(C)CCC(=O)NOC(C)(C)C)NC(N)=O. The Bertz CT molecular complexity index is 1050. The van der Waals surface area contributed by atoms with Crippen molar-refractivity contribution >= 4 is 28.8 Å². The molecule has 2 aromatic rings. The number of carbonyl (C=O) groups is 3. The zero-order valence-electron chi connectivity index (χ0n) is 23.5. The van der Waals surface area contributed by atoms with Gasteiger partial charge in [-0.05, 0) is 68.1 Å². The first-order valence-electron chi connectivity index (χ1n) is 13.0. The van der Waals surface area contributed by atoms with Gasteiger partial charge in [-0.2, -0.15) is 0 Å². The first-order valence-corrected chi connectivity index (χ1v) is 14.0. The number of carbonyl (C=O) groups excluding carboxylic acids is 3. The molecule has 3 amide bonds. The molecule has 2 atom stereocenters. The largest absolute Gasteiger partial charge is 0.352 e. The van der Waals surface area contributed by atoms with Gasteiger partial charge >= 0.3 is 6.03 Å². The number of nitrogens with one attached hydrogen (secondary N) is 2. The van der Waals surface area contributed by atoms with Gasteiger partial charge in [0.2, 0.25) is 5.91 Å². The summed E-state index contributed by atoms with van der Waals surface area (Å²) in [4.78, 5) is 41.5. The number of hydrogen-bond acceptors (Lipinski definition) is 5. The molecule has 0 aliphatic rings. The van der Waals surface area contributed by atoms with Crippen LogP contribution in [-0.4, -0.2) is 34.4 Å². The summed E-state index contributed by atoms with van der Waals surface area (Å²) in [5, 5.41) is 2.97. The Morgan fingerprint density at radius 1 is 0.947 bits per heavy atom. The molecule has 38 heavy (non-hydrogen) atoms. The number of urea groups is 1. The van der Waals surface area contributed by atoms with Crippen molar-refractivity contribution < 1.29 is 19.2 Å². The van der Waals surface area contributed by atoms with Gasteiger partial charge in [0.05, 0.1) is 5.60 Å². The van der Waals surface area contributed by atoms with Crippen LogP contribution in [0.25, 0.3) is 11.1 Å². The maximum Gasteiger partial charge on any atom is 0.312 e. The number of amides is 3. The number of hydrogen-bond donors (Lipinski definition) is 3. The third-order valence-corrected chi connectivity index (χ3v) is 7.23. The second-order valence-electron chi connectivity index (χ2n) is 11.6. The van der Waals surface area contributed by atoms with Crippen molar-refractivity contribution in [1.82, 2.24) is 10.8 Å². The van der Waals surface area contributed by atoms with Gasteiger partial charge in [0.1, 0.15) is 0 Å².